The fraction of sp³-hybridized carbons (Fsp3) is 0.368. The van der Waals surface area contributed by atoms with Crippen molar-refractivity contribution in [3.63, 3.8) is 0 Å². The first-order chi connectivity index (χ1) is 12.7. The third kappa shape index (κ3) is 5.29. The number of hydrogen-bond donors (Lipinski definition) is 2. The molecule has 0 bridgehead atoms. The highest BCUT2D eigenvalue weighted by atomic mass is 35.5. The first kappa shape index (κ1) is 20.3. The van der Waals surface area contributed by atoms with Gasteiger partial charge in [0.1, 0.15) is 11.5 Å². The summed E-state index contributed by atoms with van der Waals surface area (Å²) in [6.45, 7) is 0. The van der Waals surface area contributed by atoms with E-state index in [0.29, 0.717) is 18.6 Å². The Hall–Kier alpha value is -1.47. The van der Waals surface area contributed by atoms with Gasteiger partial charge in [0.05, 0.1) is 0 Å². The van der Waals surface area contributed by atoms with Crippen molar-refractivity contribution in [3.8, 4) is 11.5 Å². The van der Waals surface area contributed by atoms with E-state index < -0.39 is 16.1 Å². The Balaban J connectivity index is 1.79. The molecule has 0 spiro atoms. The molecule has 8 heteroatoms. The molecule has 0 radical (unpaired) electrons. The molecular weight excluding hydrogens is 411 g/mol. The fourth-order valence-electron chi connectivity index (χ4n) is 3.61. The molecular formula is C19H20Cl2O5S. The zero-order valence-electron chi connectivity index (χ0n) is 14.3. The summed E-state index contributed by atoms with van der Waals surface area (Å²) in [7, 11) is -4.20. The van der Waals surface area contributed by atoms with Gasteiger partial charge in [-0.05, 0) is 54.2 Å². The van der Waals surface area contributed by atoms with Crippen LogP contribution >= 0.6 is 23.2 Å². The minimum atomic E-state index is -4.20. The minimum Gasteiger partial charge on any atom is -0.508 e. The van der Waals surface area contributed by atoms with E-state index in [2.05, 4.69) is 0 Å². The molecule has 2 aromatic carbocycles. The lowest BCUT2D eigenvalue weighted by Crippen LogP contribution is -2.19. The fourth-order valence-corrected chi connectivity index (χ4v) is 4.95. The molecule has 2 N–H and O–H groups in total. The van der Waals surface area contributed by atoms with Crippen LogP contribution < -0.4 is 4.74 Å². The average molecular weight is 431 g/mol. The molecule has 146 valence electrons. The van der Waals surface area contributed by atoms with E-state index in [1.165, 1.54) is 0 Å². The monoisotopic (exact) mass is 430 g/mol. The first-order valence-corrected chi connectivity index (χ1v) is 10.9. The second-order valence-electron chi connectivity index (χ2n) is 6.74. The number of phenols is 1. The van der Waals surface area contributed by atoms with E-state index in [-0.39, 0.29) is 28.3 Å². The summed E-state index contributed by atoms with van der Waals surface area (Å²) in [4.78, 5) is 0. The van der Waals surface area contributed by atoms with Crippen LogP contribution in [0.2, 0.25) is 0 Å². The molecule has 0 aliphatic heterocycles. The molecule has 1 saturated carbocycles. The molecule has 2 aromatic rings. The maximum atomic E-state index is 10.9. The zero-order chi connectivity index (χ0) is 19.6. The van der Waals surface area contributed by atoms with Gasteiger partial charge in [-0.15, -0.1) is 23.2 Å². The van der Waals surface area contributed by atoms with Crippen LogP contribution in [0.4, 0.5) is 0 Å². The van der Waals surface area contributed by atoms with Crippen LogP contribution in [0.5, 0.6) is 11.5 Å². The summed E-state index contributed by atoms with van der Waals surface area (Å²) < 4.78 is 35.6. The van der Waals surface area contributed by atoms with Crippen LogP contribution in [0.25, 0.3) is 0 Å². The van der Waals surface area contributed by atoms with Crippen molar-refractivity contribution in [2.45, 2.75) is 29.5 Å². The van der Waals surface area contributed by atoms with Crippen molar-refractivity contribution in [2.24, 2.45) is 5.92 Å². The van der Waals surface area contributed by atoms with E-state index in [0.717, 1.165) is 11.1 Å². The van der Waals surface area contributed by atoms with Gasteiger partial charge >= 0.3 is 10.1 Å². The summed E-state index contributed by atoms with van der Waals surface area (Å²) in [5.41, 5.74) is 1.97. The molecule has 5 nitrogen and oxygen atoms in total. The van der Waals surface area contributed by atoms with Crippen molar-refractivity contribution in [1.29, 1.82) is 0 Å². The van der Waals surface area contributed by atoms with Gasteiger partial charge in [-0.1, -0.05) is 24.3 Å². The lowest BCUT2D eigenvalue weighted by molar-refractivity contribution is 0.352. The Kier molecular flexibility index (Phi) is 6.21. The first-order valence-electron chi connectivity index (χ1n) is 8.47. The lowest BCUT2D eigenvalue weighted by atomic mass is 9.84. The minimum absolute atomic E-state index is 0.0390. The standard InChI is InChI=1S/C19H20Cl2O5S/c20-17-10-18(21)19(13-4-6-14(22)7-5-13)16(17)9-12-2-1-3-15(8-12)26-11-27(23,24)25/h1-8,16-19,22H,9-11H2,(H,23,24,25). The van der Waals surface area contributed by atoms with E-state index in [9.17, 15) is 13.5 Å². The van der Waals surface area contributed by atoms with Gasteiger partial charge in [-0.25, -0.2) is 0 Å². The second kappa shape index (κ2) is 8.27. The van der Waals surface area contributed by atoms with Gasteiger partial charge in [-0.3, -0.25) is 4.55 Å². The van der Waals surface area contributed by atoms with Gasteiger partial charge < -0.3 is 9.84 Å². The molecule has 0 heterocycles. The number of benzene rings is 2. The number of halogens is 2. The van der Waals surface area contributed by atoms with Crippen molar-refractivity contribution in [1.82, 2.24) is 0 Å². The average Bonchev–Trinajstić information content (AvgIpc) is 2.87. The Morgan fingerprint density at radius 3 is 2.44 bits per heavy atom. The molecule has 1 fully saturated rings. The van der Waals surface area contributed by atoms with E-state index >= 15 is 0 Å². The Labute approximate surface area is 168 Å². The smallest absolute Gasteiger partial charge is 0.300 e. The van der Waals surface area contributed by atoms with Crippen molar-refractivity contribution >= 4 is 33.3 Å². The molecule has 27 heavy (non-hydrogen) atoms. The van der Waals surface area contributed by atoms with Crippen molar-refractivity contribution < 1.29 is 22.8 Å². The maximum Gasteiger partial charge on any atom is 0.300 e. The molecule has 0 saturated heterocycles. The van der Waals surface area contributed by atoms with E-state index in [4.69, 9.17) is 32.5 Å². The molecule has 4 unspecified atom stereocenters. The van der Waals surface area contributed by atoms with Crippen LogP contribution in [0, 0.1) is 5.92 Å². The van der Waals surface area contributed by atoms with Crippen LogP contribution in [-0.2, 0) is 16.5 Å². The molecule has 1 aliphatic rings. The van der Waals surface area contributed by atoms with Crippen LogP contribution in [0.3, 0.4) is 0 Å². The number of rotatable bonds is 6. The number of phenolic OH excluding ortho intramolecular Hbond substituents is 1. The predicted octanol–water partition coefficient (Wildman–Crippen LogP) is 4.18. The summed E-state index contributed by atoms with van der Waals surface area (Å²) >= 11 is 13.2. The Morgan fingerprint density at radius 2 is 1.78 bits per heavy atom. The van der Waals surface area contributed by atoms with Gasteiger partial charge in [0.15, 0.2) is 0 Å². The largest absolute Gasteiger partial charge is 0.508 e. The molecule has 1 aliphatic carbocycles. The van der Waals surface area contributed by atoms with E-state index in [1.54, 1.807) is 30.3 Å². The van der Waals surface area contributed by atoms with Gasteiger partial charge in [0.25, 0.3) is 0 Å². The highest BCUT2D eigenvalue weighted by Gasteiger charge is 2.42. The van der Waals surface area contributed by atoms with Crippen molar-refractivity contribution in [2.75, 3.05) is 5.94 Å². The zero-order valence-corrected chi connectivity index (χ0v) is 16.7. The normalized spacial score (nSPS) is 25.4. The Bertz CT molecular complexity index is 885. The summed E-state index contributed by atoms with van der Waals surface area (Å²) in [6, 6.07) is 14.1. The quantitative estimate of drug-likeness (QED) is 0.530. The number of hydrogen-bond acceptors (Lipinski definition) is 4. The molecule has 0 amide bonds. The molecule has 0 aromatic heterocycles. The lowest BCUT2D eigenvalue weighted by Gasteiger charge is -2.24. The van der Waals surface area contributed by atoms with Gasteiger partial charge in [0, 0.05) is 16.7 Å². The van der Waals surface area contributed by atoms with Gasteiger partial charge in [0.2, 0.25) is 5.94 Å². The highest BCUT2D eigenvalue weighted by Crippen LogP contribution is 2.47. The summed E-state index contributed by atoms with van der Waals surface area (Å²) in [5.74, 6) is -0.117. The van der Waals surface area contributed by atoms with Crippen LogP contribution in [0.1, 0.15) is 23.5 Å². The summed E-state index contributed by atoms with van der Waals surface area (Å²) in [5, 5.41) is 9.31. The SMILES string of the molecule is O=S(=O)(O)COc1cccc(CC2C(Cl)CC(Cl)C2c2ccc(O)cc2)c1. The van der Waals surface area contributed by atoms with Gasteiger partial charge in [-0.2, -0.15) is 8.42 Å². The molecule has 4 atom stereocenters. The number of alkyl halides is 2. The van der Waals surface area contributed by atoms with Crippen LogP contribution in [-0.4, -0.2) is 34.8 Å². The third-order valence-electron chi connectivity index (χ3n) is 4.79. The second-order valence-corrected chi connectivity index (χ2v) is 9.27. The highest BCUT2D eigenvalue weighted by molar-refractivity contribution is 7.85. The maximum absolute atomic E-state index is 10.9. The van der Waals surface area contributed by atoms with E-state index in [1.807, 2.05) is 18.2 Å². The topological polar surface area (TPSA) is 83.8 Å². The predicted molar refractivity (Wildman–Crippen MR) is 105 cm³/mol. The number of ether oxygens (including phenoxy) is 1. The third-order valence-corrected chi connectivity index (χ3v) is 6.16. The van der Waals surface area contributed by atoms with Crippen molar-refractivity contribution in [3.05, 3.63) is 59.7 Å². The Morgan fingerprint density at radius 1 is 1.07 bits per heavy atom. The molecule has 3 rings (SSSR count). The van der Waals surface area contributed by atoms with Crippen LogP contribution in [0.15, 0.2) is 48.5 Å². The summed E-state index contributed by atoms with van der Waals surface area (Å²) in [6.07, 6.45) is 1.32. The number of aromatic hydroxyl groups is 1.